The number of phenols is 1. The molecular formula is C23H25F2N3O3. The smallest absolute Gasteiger partial charge is 0.233 e. The number of hydrogen-bond donors (Lipinski definition) is 3. The van der Waals surface area contributed by atoms with Crippen molar-refractivity contribution < 1.29 is 23.5 Å². The average Bonchev–Trinajstić information content (AvgIpc) is 2.70. The maximum absolute atomic E-state index is 13.8. The van der Waals surface area contributed by atoms with E-state index in [9.17, 15) is 23.5 Å². The van der Waals surface area contributed by atoms with Gasteiger partial charge in [0.1, 0.15) is 23.8 Å². The van der Waals surface area contributed by atoms with Crippen LogP contribution in [0, 0.1) is 11.6 Å². The van der Waals surface area contributed by atoms with Crippen LogP contribution in [0.15, 0.2) is 36.4 Å². The first-order valence-corrected chi connectivity index (χ1v) is 10.2. The molecule has 8 heteroatoms. The Hall–Kier alpha value is -3.00. The molecule has 164 valence electrons. The zero-order valence-electron chi connectivity index (χ0n) is 17.4. The van der Waals surface area contributed by atoms with Gasteiger partial charge in [-0.3, -0.25) is 9.59 Å². The van der Waals surface area contributed by atoms with E-state index in [1.165, 1.54) is 0 Å². The summed E-state index contributed by atoms with van der Waals surface area (Å²) in [6, 6.07) is 7.99. The summed E-state index contributed by atoms with van der Waals surface area (Å²) in [5.41, 5.74) is 1.59. The number of benzene rings is 2. The number of anilines is 1. The Balaban J connectivity index is 1.50. The molecule has 0 aromatic heterocycles. The summed E-state index contributed by atoms with van der Waals surface area (Å²) < 4.78 is 26.8. The maximum Gasteiger partial charge on any atom is 0.233 e. The minimum Gasteiger partial charge on any atom is -0.508 e. The van der Waals surface area contributed by atoms with E-state index in [2.05, 4.69) is 22.5 Å². The number of halogens is 2. The van der Waals surface area contributed by atoms with Gasteiger partial charge in [-0.2, -0.15) is 0 Å². The van der Waals surface area contributed by atoms with E-state index in [4.69, 9.17) is 0 Å². The summed E-state index contributed by atoms with van der Waals surface area (Å²) in [5, 5.41) is 15.3. The number of aromatic hydroxyl groups is 1. The summed E-state index contributed by atoms with van der Waals surface area (Å²) in [7, 11) is 2.01. The number of piperidine rings is 1. The molecule has 1 unspecified atom stereocenters. The van der Waals surface area contributed by atoms with Gasteiger partial charge in [0.15, 0.2) is 0 Å². The molecule has 0 radical (unpaired) electrons. The van der Waals surface area contributed by atoms with Crippen LogP contribution in [0.1, 0.15) is 30.9 Å². The van der Waals surface area contributed by atoms with Gasteiger partial charge >= 0.3 is 0 Å². The number of nitrogens with zero attached hydrogens (tertiary/aromatic N) is 1. The number of likely N-dealkylation sites (tertiary alicyclic amines) is 1. The highest BCUT2D eigenvalue weighted by atomic mass is 19.1. The highest BCUT2D eigenvalue weighted by Crippen LogP contribution is 2.45. The fourth-order valence-corrected chi connectivity index (χ4v) is 4.90. The second-order valence-corrected chi connectivity index (χ2v) is 8.66. The molecule has 2 amide bonds. The van der Waals surface area contributed by atoms with Gasteiger partial charge in [-0.05, 0) is 61.8 Å². The quantitative estimate of drug-likeness (QED) is 0.653. The number of nitrogens with one attached hydrogen (secondary N) is 2. The molecule has 3 N–H and O–H groups in total. The van der Waals surface area contributed by atoms with Crippen molar-refractivity contribution in [3.8, 4) is 5.75 Å². The van der Waals surface area contributed by atoms with Gasteiger partial charge in [0, 0.05) is 17.5 Å². The molecule has 31 heavy (non-hydrogen) atoms. The van der Waals surface area contributed by atoms with E-state index in [1.807, 2.05) is 13.1 Å². The molecule has 1 fully saturated rings. The third-order valence-corrected chi connectivity index (χ3v) is 6.60. The van der Waals surface area contributed by atoms with Crippen LogP contribution in [0.25, 0.3) is 0 Å². The zero-order chi connectivity index (χ0) is 22.3. The van der Waals surface area contributed by atoms with Gasteiger partial charge in [0.25, 0.3) is 0 Å². The van der Waals surface area contributed by atoms with Crippen LogP contribution < -0.4 is 10.6 Å². The largest absolute Gasteiger partial charge is 0.508 e. The van der Waals surface area contributed by atoms with E-state index in [1.54, 1.807) is 12.1 Å². The Morgan fingerprint density at radius 1 is 1.19 bits per heavy atom. The Kier molecular flexibility index (Phi) is 5.43. The van der Waals surface area contributed by atoms with Crippen molar-refractivity contribution in [2.24, 2.45) is 0 Å². The van der Waals surface area contributed by atoms with E-state index >= 15 is 0 Å². The fraction of sp³-hybridized carbons (Fsp3) is 0.391. The lowest BCUT2D eigenvalue weighted by molar-refractivity contribution is -0.128. The highest BCUT2D eigenvalue weighted by molar-refractivity contribution is 6.03. The average molecular weight is 429 g/mol. The Morgan fingerprint density at radius 2 is 1.97 bits per heavy atom. The third-order valence-electron chi connectivity index (χ3n) is 6.60. The van der Waals surface area contributed by atoms with Crippen molar-refractivity contribution in [3.05, 3.63) is 59.2 Å². The lowest BCUT2D eigenvalue weighted by Crippen LogP contribution is -2.67. The Labute approximate surface area is 179 Å². The van der Waals surface area contributed by atoms with Gasteiger partial charge in [-0.15, -0.1) is 0 Å². The van der Waals surface area contributed by atoms with Crippen LogP contribution in [0.5, 0.6) is 5.75 Å². The minimum atomic E-state index is -0.902. The summed E-state index contributed by atoms with van der Waals surface area (Å²) in [4.78, 5) is 27.2. The van der Waals surface area contributed by atoms with Crippen molar-refractivity contribution in [2.75, 3.05) is 18.9 Å². The third kappa shape index (κ3) is 3.99. The lowest BCUT2D eigenvalue weighted by Gasteiger charge is -2.54. The first-order chi connectivity index (χ1) is 14.7. The number of phenolic OH excluding ortho intramolecular Hbond substituents is 1. The van der Waals surface area contributed by atoms with Crippen LogP contribution in [0.4, 0.5) is 14.5 Å². The minimum absolute atomic E-state index is 0.0531. The van der Waals surface area contributed by atoms with E-state index in [0.717, 1.165) is 42.6 Å². The Bertz CT molecular complexity index is 1040. The molecule has 2 bridgehead atoms. The van der Waals surface area contributed by atoms with Crippen molar-refractivity contribution in [1.29, 1.82) is 0 Å². The first-order valence-electron chi connectivity index (χ1n) is 10.2. The fourth-order valence-electron chi connectivity index (χ4n) is 4.90. The number of likely N-dealkylation sites (N-methyl/N-ethyl adjacent to an activating group) is 1. The van der Waals surface area contributed by atoms with Crippen LogP contribution in [-0.2, 0) is 21.4 Å². The standard InChI is InChI=1S/C23H25F2N3O3/c1-23-7-8-28(2)19(9-13-3-5-15(29)11-16(13)23)22(23)27-21(31)12-20(30)26-18-6-4-14(24)10-17(18)25/h3-6,10-11,19,22,29H,7-9,12H2,1-2H3,(H,26,30)(H,27,31)/t19-,22+,23?/m1/s1. The van der Waals surface area contributed by atoms with Crippen LogP contribution >= 0.6 is 0 Å². The van der Waals surface area contributed by atoms with Crippen molar-refractivity contribution in [3.63, 3.8) is 0 Å². The molecule has 6 nitrogen and oxygen atoms in total. The zero-order valence-corrected chi connectivity index (χ0v) is 17.4. The number of hydrogen-bond acceptors (Lipinski definition) is 4. The molecule has 3 atom stereocenters. The highest BCUT2D eigenvalue weighted by Gasteiger charge is 2.50. The molecule has 1 heterocycles. The number of amides is 2. The van der Waals surface area contributed by atoms with Gasteiger partial charge in [-0.1, -0.05) is 13.0 Å². The molecule has 2 aliphatic rings. The second-order valence-electron chi connectivity index (χ2n) is 8.66. The summed E-state index contributed by atoms with van der Waals surface area (Å²) in [5.74, 6) is -2.62. The number of carbonyl (C=O) groups excluding carboxylic acids is 2. The molecule has 2 aromatic carbocycles. The molecule has 0 saturated carbocycles. The van der Waals surface area contributed by atoms with E-state index in [0.29, 0.717) is 6.07 Å². The van der Waals surface area contributed by atoms with E-state index < -0.39 is 35.3 Å². The van der Waals surface area contributed by atoms with Gasteiger partial charge < -0.3 is 20.6 Å². The Morgan fingerprint density at radius 3 is 2.71 bits per heavy atom. The number of carbonyl (C=O) groups is 2. The molecule has 4 rings (SSSR count). The topological polar surface area (TPSA) is 81.7 Å². The van der Waals surface area contributed by atoms with Gasteiger partial charge in [-0.25, -0.2) is 8.78 Å². The second kappa shape index (κ2) is 7.92. The predicted molar refractivity (Wildman–Crippen MR) is 112 cm³/mol. The summed E-state index contributed by atoms with van der Waals surface area (Å²) >= 11 is 0. The summed E-state index contributed by atoms with van der Waals surface area (Å²) in [6.07, 6.45) is 1.03. The number of rotatable bonds is 4. The molecule has 2 aromatic rings. The van der Waals surface area contributed by atoms with E-state index in [-0.39, 0.29) is 23.5 Å². The molecule has 0 spiro atoms. The van der Waals surface area contributed by atoms with Crippen molar-refractivity contribution in [1.82, 2.24) is 10.2 Å². The SMILES string of the molecule is CN1CCC2(C)c3cc(O)ccc3C[C@@H]1[C@@H]2NC(=O)CC(=O)Nc1ccc(F)cc1F. The van der Waals surface area contributed by atoms with Crippen LogP contribution in [-0.4, -0.2) is 47.5 Å². The summed E-state index contributed by atoms with van der Waals surface area (Å²) in [6.45, 7) is 2.93. The van der Waals surface area contributed by atoms with Crippen LogP contribution in [0.3, 0.4) is 0 Å². The van der Waals surface area contributed by atoms with Crippen LogP contribution in [0.2, 0.25) is 0 Å². The first kappa shape index (κ1) is 21.2. The van der Waals surface area contributed by atoms with Crippen molar-refractivity contribution >= 4 is 17.5 Å². The maximum atomic E-state index is 13.8. The normalized spacial score (nSPS) is 24.9. The van der Waals surface area contributed by atoms with Gasteiger partial charge in [0.05, 0.1) is 11.7 Å². The van der Waals surface area contributed by atoms with Gasteiger partial charge in [0.2, 0.25) is 11.8 Å². The number of fused-ring (bicyclic) bond motifs is 4. The molecule has 1 saturated heterocycles. The lowest BCUT2D eigenvalue weighted by atomic mass is 9.61. The molecular weight excluding hydrogens is 404 g/mol. The predicted octanol–water partition coefficient (Wildman–Crippen LogP) is 2.70. The molecule has 1 aliphatic heterocycles. The molecule has 1 aliphatic carbocycles. The van der Waals surface area contributed by atoms with Crippen molar-refractivity contribution in [2.45, 2.75) is 43.7 Å². The monoisotopic (exact) mass is 429 g/mol.